The van der Waals surface area contributed by atoms with Crippen LogP contribution in [-0.4, -0.2) is 37.6 Å². The molecular formula is C13H19BrN2O2. The SMILES string of the molecule is COc1ccc(CCN(C)C(=O)C(C)N)cc1Br. The normalized spacial score (nSPS) is 12.1. The standard InChI is InChI=1S/C13H19BrN2O2/c1-9(15)13(17)16(2)7-6-10-4-5-12(18-3)11(14)8-10/h4-5,8-9H,6-7,15H2,1-3H3. The minimum absolute atomic E-state index is 0.0393. The van der Waals surface area contributed by atoms with E-state index in [0.717, 1.165) is 22.2 Å². The lowest BCUT2D eigenvalue weighted by Crippen LogP contribution is -2.40. The highest BCUT2D eigenvalue weighted by atomic mass is 79.9. The van der Waals surface area contributed by atoms with Crippen molar-refractivity contribution in [2.45, 2.75) is 19.4 Å². The molecule has 1 aromatic carbocycles. The number of likely N-dealkylation sites (N-methyl/N-ethyl adjacent to an activating group) is 1. The number of rotatable bonds is 5. The summed E-state index contributed by atoms with van der Waals surface area (Å²) in [7, 11) is 3.40. The van der Waals surface area contributed by atoms with Gasteiger partial charge in [0.25, 0.3) is 0 Å². The number of halogens is 1. The van der Waals surface area contributed by atoms with Gasteiger partial charge in [-0.2, -0.15) is 0 Å². The maximum atomic E-state index is 11.6. The van der Waals surface area contributed by atoms with Gasteiger partial charge >= 0.3 is 0 Å². The van der Waals surface area contributed by atoms with Crippen molar-refractivity contribution in [2.75, 3.05) is 20.7 Å². The van der Waals surface area contributed by atoms with E-state index in [1.54, 1.807) is 26.0 Å². The van der Waals surface area contributed by atoms with Crippen molar-refractivity contribution in [2.24, 2.45) is 5.73 Å². The number of amides is 1. The van der Waals surface area contributed by atoms with E-state index in [-0.39, 0.29) is 5.91 Å². The van der Waals surface area contributed by atoms with E-state index < -0.39 is 6.04 Å². The molecule has 0 fully saturated rings. The summed E-state index contributed by atoms with van der Waals surface area (Å²) in [4.78, 5) is 13.3. The number of nitrogens with zero attached hydrogens (tertiary/aromatic N) is 1. The Balaban J connectivity index is 2.59. The average molecular weight is 315 g/mol. The van der Waals surface area contributed by atoms with Crippen LogP contribution in [0.1, 0.15) is 12.5 Å². The molecule has 0 saturated carbocycles. The van der Waals surface area contributed by atoms with Gasteiger partial charge in [-0.15, -0.1) is 0 Å². The van der Waals surface area contributed by atoms with Crippen molar-refractivity contribution < 1.29 is 9.53 Å². The first-order valence-corrected chi connectivity index (χ1v) is 6.58. The average Bonchev–Trinajstić information content (AvgIpc) is 2.35. The number of hydrogen-bond acceptors (Lipinski definition) is 3. The van der Waals surface area contributed by atoms with Crippen molar-refractivity contribution >= 4 is 21.8 Å². The van der Waals surface area contributed by atoms with Gasteiger partial charge in [0, 0.05) is 13.6 Å². The van der Waals surface area contributed by atoms with E-state index in [1.165, 1.54) is 0 Å². The van der Waals surface area contributed by atoms with Gasteiger partial charge in [0.1, 0.15) is 5.75 Å². The summed E-state index contributed by atoms with van der Waals surface area (Å²) in [5, 5.41) is 0. The van der Waals surface area contributed by atoms with Crippen LogP contribution < -0.4 is 10.5 Å². The van der Waals surface area contributed by atoms with Crippen molar-refractivity contribution in [3.05, 3.63) is 28.2 Å². The summed E-state index contributed by atoms with van der Waals surface area (Å²) in [5.41, 5.74) is 6.70. The Morgan fingerprint density at radius 3 is 2.72 bits per heavy atom. The summed E-state index contributed by atoms with van der Waals surface area (Å²) < 4.78 is 6.09. The zero-order valence-electron chi connectivity index (χ0n) is 10.9. The third-order valence-corrected chi connectivity index (χ3v) is 3.34. The first kappa shape index (κ1) is 15.0. The summed E-state index contributed by atoms with van der Waals surface area (Å²) >= 11 is 3.44. The Hall–Kier alpha value is -1.07. The number of nitrogens with two attached hydrogens (primary N) is 1. The number of benzene rings is 1. The zero-order chi connectivity index (χ0) is 13.7. The molecule has 100 valence electrons. The molecule has 1 atom stereocenters. The van der Waals surface area contributed by atoms with Crippen molar-refractivity contribution in [1.29, 1.82) is 0 Å². The number of carbonyl (C=O) groups is 1. The van der Waals surface area contributed by atoms with Crippen LogP contribution in [-0.2, 0) is 11.2 Å². The van der Waals surface area contributed by atoms with Crippen molar-refractivity contribution in [1.82, 2.24) is 4.90 Å². The fraction of sp³-hybridized carbons (Fsp3) is 0.462. The maximum absolute atomic E-state index is 11.6. The Morgan fingerprint density at radius 1 is 1.56 bits per heavy atom. The van der Waals surface area contributed by atoms with E-state index in [9.17, 15) is 4.79 Å². The number of ether oxygens (including phenoxy) is 1. The quantitative estimate of drug-likeness (QED) is 0.901. The Labute approximate surface area is 116 Å². The molecule has 1 aromatic rings. The van der Waals surface area contributed by atoms with Gasteiger partial charge in [-0.3, -0.25) is 4.79 Å². The molecule has 0 heterocycles. The molecule has 1 unspecified atom stereocenters. The number of methoxy groups -OCH3 is 1. The minimum atomic E-state index is -0.447. The van der Waals surface area contributed by atoms with Crippen LogP contribution in [0.15, 0.2) is 22.7 Å². The van der Waals surface area contributed by atoms with Gasteiger partial charge in [-0.25, -0.2) is 0 Å². The molecule has 1 rings (SSSR count). The predicted octanol–water partition coefficient (Wildman–Crippen LogP) is 1.81. The van der Waals surface area contributed by atoms with Gasteiger partial charge in [0.15, 0.2) is 0 Å². The molecule has 0 aliphatic rings. The van der Waals surface area contributed by atoms with E-state index in [1.807, 2.05) is 18.2 Å². The van der Waals surface area contributed by atoms with Crippen LogP contribution in [0.3, 0.4) is 0 Å². The molecule has 0 aliphatic heterocycles. The first-order chi connectivity index (χ1) is 8.45. The summed E-state index contributed by atoms with van der Waals surface area (Å²) in [5.74, 6) is 0.765. The maximum Gasteiger partial charge on any atom is 0.238 e. The highest BCUT2D eigenvalue weighted by Crippen LogP contribution is 2.25. The van der Waals surface area contributed by atoms with E-state index in [4.69, 9.17) is 10.5 Å². The Morgan fingerprint density at radius 2 is 2.22 bits per heavy atom. The Kier molecular flexibility index (Phi) is 5.62. The molecule has 0 spiro atoms. The van der Waals surface area contributed by atoms with Crippen molar-refractivity contribution in [3.8, 4) is 5.75 Å². The van der Waals surface area contributed by atoms with Gasteiger partial charge in [-0.1, -0.05) is 6.07 Å². The third kappa shape index (κ3) is 3.99. The van der Waals surface area contributed by atoms with E-state index >= 15 is 0 Å². The molecule has 2 N–H and O–H groups in total. The fourth-order valence-electron chi connectivity index (χ4n) is 1.62. The smallest absolute Gasteiger partial charge is 0.238 e. The van der Waals surface area contributed by atoms with Gasteiger partial charge < -0.3 is 15.4 Å². The molecule has 1 amide bonds. The molecule has 0 radical (unpaired) electrons. The van der Waals surface area contributed by atoms with Gasteiger partial charge in [0.05, 0.1) is 17.6 Å². The lowest BCUT2D eigenvalue weighted by molar-refractivity contribution is -0.130. The summed E-state index contributed by atoms with van der Waals surface area (Å²) in [6, 6.07) is 5.46. The van der Waals surface area contributed by atoms with Gasteiger partial charge in [0.2, 0.25) is 5.91 Å². The molecular weight excluding hydrogens is 296 g/mol. The third-order valence-electron chi connectivity index (χ3n) is 2.72. The molecule has 5 heteroatoms. The summed E-state index contributed by atoms with van der Waals surface area (Å²) in [6.45, 7) is 2.35. The Bertz CT molecular complexity index is 421. The van der Waals surface area contributed by atoms with Crippen LogP contribution in [0.2, 0.25) is 0 Å². The highest BCUT2D eigenvalue weighted by molar-refractivity contribution is 9.10. The first-order valence-electron chi connectivity index (χ1n) is 5.78. The van der Waals surface area contributed by atoms with E-state index in [0.29, 0.717) is 6.54 Å². The minimum Gasteiger partial charge on any atom is -0.496 e. The predicted molar refractivity (Wildman–Crippen MR) is 75.7 cm³/mol. The monoisotopic (exact) mass is 314 g/mol. The van der Waals surface area contributed by atoms with Crippen molar-refractivity contribution in [3.63, 3.8) is 0 Å². The van der Waals surface area contributed by atoms with Crippen LogP contribution in [0.5, 0.6) is 5.75 Å². The number of hydrogen-bond donors (Lipinski definition) is 1. The molecule has 0 aromatic heterocycles. The molecule has 0 saturated heterocycles. The lowest BCUT2D eigenvalue weighted by atomic mass is 10.1. The topological polar surface area (TPSA) is 55.6 Å². The largest absolute Gasteiger partial charge is 0.496 e. The van der Waals surface area contributed by atoms with Crippen LogP contribution in [0.4, 0.5) is 0 Å². The fourth-order valence-corrected chi connectivity index (χ4v) is 2.21. The van der Waals surface area contributed by atoms with Crippen LogP contribution >= 0.6 is 15.9 Å². The van der Waals surface area contributed by atoms with Gasteiger partial charge in [-0.05, 0) is 47.0 Å². The van der Waals surface area contributed by atoms with E-state index in [2.05, 4.69) is 15.9 Å². The second kappa shape index (κ2) is 6.75. The molecule has 0 bridgehead atoms. The molecule has 4 nitrogen and oxygen atoms in total. The highest BCUT2D eigenvalue weighted by Gasteiger charge is 2.13. The molecule has 0 aliphatic carbocycles. The zero-order valence-corrected chi connectivity index (χ0v) is 12.5. The number of carbonyl (C=O) groups excluding carboxylic acids is 1. The second-order valence-corrected chi connectivity index (χ2v) is 5.12. The lowest BCUT2D eigenvalue weighted by Gasteiger charge is -2.19. The second-order valence-electron chi connectivity index (χ2n) is 4.27. The van der Waals surface area contributed by atoms with Crippen LogP contribution in [0, 0.1) is 0 Å². The summed E-state index contributed by atoms with van der Waals surface area (Å²) in [6.07, 6.45) is 0.789. The van der Waals surface area contributed by atoms with Crippen LogP contribution in [0.25, 0.3) is 0 Å². The molecule has 18 heavy (non-hydrogen) atoms.